The van der Waals surface area contributed by atoms with Crippen molar-refractivity contribution in [2.75, 3.05) is 49.1 Å². The third-order valence-electron chi connectivity index (χ3n) is 8.23. The molecule has 5 heterocycles. The van der Waals surface area contributed by atoms with Gasteiger partial charge >= 0.3 is 0 Å². The van der Waals surface area contributed by atoms with Crippen LogP contribution in [0.1, 0.15) is 49.1 Å². The third kappa shape index (κ3) is 4.31. The highest BCUT2D eigenvalue weighted by Gasteiger charge is 2.33. The number of piperidine rings is 1. The van der Waals surface area contributed by atoms with Crippen LogP contribution < -0.4 is 9.80 Å². The summed E-state index contributed by atoms with van der Waals surface area (Å²) >= 11 is 0. The molecule has 36 heavy (non-hydrogen) atoms. The summed E-state index contributed by atoms with van der Waals surface area (Å²) in [6.45, 7) is 10.3. The number of carbonyl (C=O) groups is 1. The number of anilines is 2. The SMILES string of the molecule is Cc1ccc(N2CCN(C(=O)[C@H]3CCCN(c4ncnc5c4nc4n5CCCCC4)C3)CC2)c(C)c1. The summed E-state index contributed by atoms with van der Waals surface area (Å²) in [7, 11) is 0. The van der Waals surface area contributed by atoms with Crippen LogP contribution in [-0.4, -0.2) is 69.6 Å². The Morgan fingerprint density at radius 3 is 2.61 bits per heavy atom. The highest BCUT2D eigenvalue weighted by Crippen LogP contribution is 2.30. The fraction of sp³-hybridized carbons (Fsp3) is 0.571. The quantitative estimate of drug-likeness (QED) is 0.561. The van der Waals surface area contributed by atoms with Gasteiger partial charge in [0.15, 0.2) is 17.0 Å². The molecule has 3 aliphatic rings. The van der Waals surface area contributed by atoms with Gasteiger partial charge in [-0.05, 0) is 51.2 Å². The second-order valence-corrected chi connectivity index (χ2v) is 10.7. The van der Waals surface area contributed by atoms with Gasteiger partial charge in [0.1, 0.15) is 12.2 Å². The third-order valence-corrected chi connectivity index (χ3v) is 8.23. The molecule has 1 amide bonds. The molecule has 0 spiro atoms. The minimum absolute atomic E-state index is 0.0110. The molecule has 3 aliphatic heterocycles. The zero-order valence-electron chi connectivity index (χ0n) is 21.6. The van der Waals surface area contributed by atoms with E-state index in [1.54, 1.807) is 6.33 Å². The first kappa shape index (κ1) is 23.3. The van der Waals surface area contributed by atoms with E-state index in [1.807, 2.05) is 0 Å². The lowest BCUT2D eigenvalue weighted by molar-refractivity contribution is -0.136. The Morgan fingerprint density at radius 2 is 1.78 bits per heavy atom. The number of aromatic nitrogens is 4. The molecule has 1 atom stereocenters. The maximum atomic E-state index is 13.6. The maximum Gasteiger partial charge on any atom is 0.227 e. The summed E-state index contributed by atoms with van der Waals surface area (Å²) < 4.78 is 2.29. The number of nitrogens with zero attached hydrogens (tertiary/aromatic N) is 7. The van der Waals surface area contributed by atoms with Crippen LogP contribution in [0.5, 0.6) is 0 Å². The van der Waals surface area contributed by atoms with E-state index in [9.17, 15) is 4.79 Å². The van der Waals surface area contributed by atoms with Gasteiger partial charge in [-0.2, -0.15) is 0 Å². The Balaban J connectivity index is 1.15. The van der Waals surface area contributed by atoms with Crippen LogP contribution in [0.2, 0.25) is 0 Å². The van der Waals surface area contributed by atoms with E-state index in [0.717, 1.165) is 81.3 Å². The summed E-state index contributed by atoms with van der Waals surface area (Å²) in [6, 6.07) is 6.64. The van der Waals surface area contributed by atoms with Crippen molar-refractivity contribution in [1.82, 2.24) is 24.4 Å². The molecule has 0 bridgehead atoms. The van der Waals surface area contributed by atoms with Crippen molar-refractivity contribution >= 4 is 28.6 Å². The first-order chi connectivity index (χ1) is 17.6. The molecular formula is C28H37N7O. The Hall–Kier alpha value is -3.16. The highest BCUT2D eigenvalue weighted by molar-refractivity contribution is 5.85. The van der Waals surface area contributed by atoms with Gasteiger partial charge in [0.05, 0.1) is 5.92 Å². The summed E-state index contributed by atoms with van der Waals surface area (Å²) in [5.41, 5.74) is 5.75. The van der Waals surface area contributed by atoms with Crippen molar-refractivity contribution < 1.29 is 4.79 Å². The van der Waals surface area contributed by atoms with Crippen LogP contribution >= 0.6 is 0 Å². The van der Waals surface area contributed by atoms with Crippen molar-refractivity contribution in [1.29, 1.82) is 0 Å². The highest BCUT2D eigenvalue weighted by atomic mass is 16.2. The molecule has 1 aromatic carbocycles. The lowest BCUT2D eigenvalue weighted by Crippen LogP contribution is -2.52. The number of imidazole rings is 1. The van der Waals surface area contributed by atoms with E-state index in [2.05, 4.69) is 61.3 Å². The molecule has 0 aliphatic carbocycles. The number of benzene rings is 1. The van der Waals surface area contributed by atoms with E-state index in [-0.39, 0.29) is 5.92 Å². The summed E-state index contributed by atoms with van der Waals surface area (Å²) in [5, 5.41) is 0. The van der Waals surface area contributed by atoms with Crippen molar-refractivity contribution in [3.63, 3.8) is 0 Å². The van der Waals surface area contributed by atoms with Crippen LogP contribution in [0.25, 0.3) is 11.2 Å². The van der Waals surface area contributed by atoms with Gasteiger partial charge in [-0.1, -0.05) is 24.1 Å². The fourth-order valence-electron chi connectivity index (χ4n) is 6.31. The molecular weight excluding hydrogens is 450 g/mol. The Bertz CT molecular complexity index is 1260. The first-order valence-corrected chi connectivity index (χ1v) is 13.6. The predicted molar refractivity (Wildman–Crippen MR) is 143 cm³/mol. The second-order valence-electron chi connectivity index (χ2n) is 10.7. The molecule has 8 heteroatoms. The summed E-state index contributed by atoms with van der Waals surface area (Å²) in [6.07, 6.45) is 8.23. The average Bonchev–Trinajstić information content (AvgIpc) is 3.09. The van der Waals surface area contributed by atoms with Crippen molar-refractivity contribution in [2.24, 2.45) is 5.92 Å². The van der Waals surface area contributed by atoms with Crippen LogP contribution in [0.15, 0.2) is 24.5 Å². The fourth-order valence-corrected chi connectivity index (χ4v) is 6.31. The van der Waals surface area contributed by atoms with Gasteiger partial charge in [-0.3, -0.25) is 4.79 Å². The number of hydrogen-bond donors (Lipinski definition) is 0. The zero-order chi connectivity index (χ0) is 24.6. The maximum absolute atomic E-state index is 13.6. The minimum atomic E-state index is 0.0110. The number of hydrogen-bond acceptors (Lipinski definition) is 6. The number of fused-ring (bicyclic) bond motifs is 3. The summed E-state index contributed by atoms with van der Waals surface area (Å²) in [5.74, 6) is 2.34. The molecule has 6 rings (SSSR count). The van der Waals surface area contributed by atoms with E-state index < -0.39 is 0 Å². The van der Waals surface area contributed by atoms with E-state index in [0.29, 0.717) is 12.5 Å². The van der Waals surface area contributed by atoms with E-state index in [4.69, 9.17) is 4.98 Å². The Morgan fingerprint density at radius 1 is 0.917 bits per heavy atom. The molecule has 2 aromatic heterocycles. The van der Waals surface area contributed by atoms with Gasteiger partial charge in [0.25, 0.3) is 0 Å². The van der Waals surface area contributed by atoms with Crippen molar-refractivity contribution in [2.45, 2.75) is 58.9 Å². The zero-order valence-corrected chi connectivity index (χ0v) is 21.6. The predicted octanol–water partition coefficient (Wildman–Crippen LogP) is 3.73. The monoisotopic (exact) mass is 487 g/mol. The molecule has 2 fully saturated rings. The summed E-state index contributed by atoms with van der Waals surface area (Å²) in [4.78, 5) is 34.6. The number of aryl methyl sites for hydroxylation is 4. The van der Waals surface area contributed by atoms with Crippen molar-refractivity contribution in [3.05, 3.63) is 41.5 Å². The standard InChI is InChI=1S/C28H37N7O/c1-20-9-10-23(21(2)17-20)32-13-15-33(16-14-32)28(36)22-7-6-11-34(18-22)26-25-27(30-19-29-26)35-12-5-3-4-8-24(35)31-25/h9-10,17,19,22H,3-8,11-16,18H2,1-2H3/t22-/m0/s1. The van der Waals surface area contributed by atoms with Crippen LogP contribution in [0, 0.1) is 19.8 Å². The van der Waals surface area contributed by atoms with E-state index in [1.165, 1.54) is 36.1 Å². The van der Waals surface area contributed by atoms with E-state index >= 15 is 0 Å². The topological polar surface area (TPSA) is 70.4 Å². The number of carbonyl (C=O) groups excluding carboxylic acids is 1. The second kappa shape index (κ2) is 9.71. The van der Waals surface area contributed by atoms with Gasteiger partial charge < -0.3 is 19.3 Å². The molecule has 0 N–H and O–H groups in total. The number of piperazine rings is 1. The molecule has 3 aromatic rings. The largest absolute Gasteiger partial charge is 0.368 e. The van der Waals surface area contributed by atoms with Crippen LogP contribution in [-0.2, 0) is 17.8 Å². The first-order valence-electron chi connectivity index (χ1n) is 13.6. The minimum Gasteiger partial charge on any atom is -0.368 e. The number of amides is 1. The van der Waals surface area contributed by atoms with Crippen LogP contribution in [0.3, 0.4) is 0 Å². The van der Waals surface area contributed by atoms with Gasteiger partial charge in [-0.25, -0.2) is 15.0 Å². The molecule has 2 saturated heterocycles. The molecule has 0 saturated carbocycles. The Labute approximate surface area is 213 Å². The lowest BCUT2D eigenvalue weighted by atomic mass is 9.96. The van der Waals surface area contributed by atoms with Gasteiger partial charge in [0.2, 0.25) is 5.91 Å². The van der Waals surface area contributed by atoms with Gasteiger partial charge in [0, 0.05) is 57.9 Å². The molecule has 0 radical (unpaired) electrons. The average molecular weight is 488 g/mol. The Kier molecular flexibility index (Phi) is 6.27. The van der Waals surface area contributed by atoms with Gasteiger partial charge in [-0.15, -0.1) is 0 Å². The molecule has 8 nitrogen and oxygen atoms in total. The molecule has 190 valence electrons. The molecule has 0 unspecified atom stereocenters. The van der Waals surface area contributed by atoms with Crippen LogP contribution in [0.4, 0.5) is 11.5 Å². The number of rotatable bonds is 3. The van der Waals surface area contributed by atoms with Crippen molar-refractivity contribution in [3.8, 4) is 0 Å². The smallest absolute Gasteiger partial charge is 0.227 e. The lowest BCUT2D eigenvalue weighted by Gasteiger charge is -2.40. The normalized spacial score (nSPS) is 20.9.